The van der Waals surface area contributed by atoms with E-state index in [-0.39, 0.29) is 17.7 Å². The monoisotopic (exact) mass is 309 g/mol. The summed E-state index contributed by atoms with van der Waals surface area (Å²) in [7, 11) is 1.83. The van der Waals surface area contributed by atoms with Crippen molar-refractivity contribution in [2.75, 3.05) is 0 Å². The minimum Gasteiger partial charge on any atom is -0.435 e. The molecule has 1 atom stereocenters. The molecule has 0 aliphatic carbocycles. The lowest BCUT2D eigenvalue weighted by Crippen LogP contribution is -2.26. The summed E-state index contributed by atoms with van der Waals surface area (Å²) in [6.45, 7) is 0.894. The van der Waals surface area contributed by atoms with Crippen LogP contribution in [0.2, 0.25) is 0 Å². The number of halogens is 2. The molecular formula is C15H17F2N3O2. The molecule has 0 spiro atoms. The number of hydrogen-bond donors (Lipinski definition) is 1. The summed E-state index contributed by atoms with van der Waals surface area (Å²) in [6, 6.07) is 5.34. The van der Waals surface area contributed by atoms with Crippen LogP contribution in [0.25, 0.3) is 0 Å². The second-order valence-corrected chi connectivity index (χ2v) is 4.91. The number of aryl methyl sites for hydroxylation is 1. The molecule has 0 aliphatic rings. The number of rotatable bonds is 5. The first-order chi connectivity index (χ1) is 10.4. The summed E-state index contributed by atoms with van der Waals surface area (Å²) in [5.41, 5.74) is 2.26. The van der Waals surface area contributed by atoms with Crippen molar-refractivity contribution in [3.63, 3.8) is 0 Å². The quantitative estimate of drug-likeness (QED) is 0.924. The molecule has 1 heterocycles. The van der Waals surface area contributed by atoms with Gasteiger partial charge in [0.1, 0.15) is 5.75 Å². The summed E-state index contributed by atoms with van der Waals surface area (Å²) >= 11 is 0. The maximum Gasteiger partial charge on any atom is 0.387 e. The molecule has 1 amide bonds. The largest absolute Gasteiger partial charge is 0.435 e. The van der Waals surface area contributed by atoms with E-state index in [1.54, 1.807) is 10.9 Å². The van der Waals surface area contributed by atoms with Crippen molar-refractivity contribution in [3.05, 3.63) is 47.3 Å². The molecule has 0 bridgehead atoms. The molecule has 1 aromatic carbocycles. The number of nitrogens with one attached hydrogen (secondary N) is 1. The topological polar surface area (TPSA) is 56.1 Å². The number of carbonyl (C=O) groups is 1. The molecule has 118 valence electrons. The molecule has 1 aromatic heterocycles. The third kappa shape index (κ3) is 3.60. The van der Waals surface area contributed by atoms with Gasteiger partial charge < -0.3 is 10.1 Å². The van der Waals surface area contributed by atoms with Crippen LogP contribution in [0.1, 0.15) is 34.6 Å². The number of ether oxygens (including phenoxy) is 1. The van der Waals surface area contributed by atoms with Gasteiger partial charge in [-0.1, -0.05) is 0 Å². The highest BCUT2D eigenvalue weighted by Crippen LogP contribution is 2.18. The Kier molecular flexibility index (Phi) is 4.75. The maximum absolute atomic E-state index is 12.2. The van der Waals surface area contributed by atoms with Gasteiger partial charge in [0.15, 0.2) is 0 Å². The highest BCUT2D eigenvalue weighted by molar-refractivity contribution is 5.94. The molecular weight excluding hydrogens is 292 g/mol. The molecule has 0 fully saturated rings. The highest BCUT2D eigenvalue weighted by atomic mass is 19.3. The maximum atomic E-state index is 12.2. The van der Waals surface area contributed by atoms with Gasteiger partial charge >= 0.3 is 6.61 Å². The van der Waals surface area contributed by atoms with Crippen molar-refractivity contribution in [1.82, 2.24) is 15.1 Å². The number of benzene rings is 1. The van der Waals surface area contributed by atoms with Crippen LogP contribution in [0.5, 0.6) is 5.75 Å². The van der Waals surface area contributed by atoms with E-state index in [9.17, 15) is 13.6 Å². The Morgan fingerprint density at radius 2 is 1.95 bits per heavy atom. The van der Waals surface area contributed by atoms with E-state index in [1.165, 1.54) is 24.3 Å². The molecule has 0 radical (unpaired) electrons. The van der Waals surface area contributed by atoms with Gasteiger partial charge in [-0.25, -0.2) is 0 Å². The van der Waals surface area contributed by atoms with E-state index >= 15 is 0 Å². The van der Waals surface area contributed by atoms with E-state index < -0.39 is 6.61 Å². The van der Waals surface area contributed by atoms with Gasteiger partial charge in [0.2, 0.25) is 0 Å². The average Bonchev–Trinajstić information content (AvgIpc) is 2.79. The number of nitrogens with zero attached hydrogens (tertiary/aromatic N) is 2. The number of hydrogen-bond acceptors (Lipinski definition) is 3. The lowest BCUT2D eigenvalue weighted by molar-refractivity contribution is -0.0498. The molecule has 22 heavy (non-hydrogen) atoms. The van der Waals surface area contributed by atoms with Crippen LogP contribution in [0.15, 0.2) is 30.5 Å². The van der Waals surface area contributed by atoms with Crippen molar-refractivity contribution in [1.29, 1.82) is 0 Å². The van der Waals surface area contributed by atoms with Gasteiger partial charge in [-0.05, 0) is 38.1 Å². The Balaban J connectivity index is 2.04. The van der Waals surface area contributed by atoms with E-state index in [0.29, 0.717) is 5.56 Å². The van der Waals surface area contributed by atoms with Gasteiger partial charge in [-0.2, -0.15) is 13.9 Å². The van der Waals surface area contributed by atoms with E-state index in [0.717, 1.165) is 11.3 Å². The minimum atomic E-state index is -2.88. The third-order valence-electron chi connectivity index (χ3n) is 3.43. The lowest BCUT2D eigenvalue weighted by atomic mass is 10.1. The van der Waals surface area contributed by atoms with E-state index in [4.69, 9.17) is 0 Å². The predicted molar refractivity (Wildman–Crippen MR) is 76.9 cm³/mol. The zero-order valence-corrected chi connectivity index (χ0v) is 12.5. The Morgan fingerprint density at radius 3 is 2.45 bits per heavy atom. The molecule has 0 aliphatic heterocycles. The van der Waals surface area contributed by atoms with Crippen molar-refractivity contribution < 1.29 is 18.3 Å². The van der Waals surface area contributed by atoms with Gasteiger partial charge in [0.05, 0.1) is 12.2 Å². The molecule has 0 saturated heterocycles. The molecule has 2 aromatic rings. The minimum absolute atomic E-state index is 0.0164. The third-order valence-corrected chi connectivity index (χ3v) is 3.43. The molecule has 0 saturated carbocycles. The van der Waals surface area contributed by atoms with Crippen LogP contribution in [0.4, 0.5) is 8.78 Å². The van der Waals surface area contributed by atoms with Crippen molar-refractivity contribution in [2.24, 2.45) is 7.05 Å². The summed E-state index contributed by atoms with van der Waals surface area (Å²) in [4.78, 5) is 12.2. The summed E-state index contributed by atoms with van der Waals surface area (Å²) in [6.07, 6.45) is 1.71. The first-order valence-electron chi connectivity index (χ1n) is 6.72. The van der Waals surface area contributed by atoms with Crippen LogP contribution in [0, 0.1) is 6.92 Å². The highest BCUT2D eigenvalue weighted by Gasteiger charge is 2.15. The second-order valence-electron chi connectivity index (χ2n) is 4.91. The van der Waals surface area contributed by atoms with E-state index in [1.807, 2.05) is 20.9 Å². The molecule has 5 nitrogen and oxygen atoms in total. The van der Waals surface area contributed by atoms with Crippen molar-refractivity contribution in [2.45, 2.75) is 26.5 Å². The smallest absolute Gasteiger partial charge is 0.387 e. The van der Waals surface area contributed by atoms with E-state index in [2.05, 4.69) is 15.2 Å². The van der Waals surface area contributed by atoms with Gasteiger partial charge in [0, 0.05) is 23.9 Å². The average molecular weight is 309 g/mol. The SMILES string of the molecule is Cc1c(C(C)NC(=O)c2ccc(OC(F)F)cc2)cnn1C. The zero-order valence-electron chi connectivity index (χ0n) is 12.5. The van der Waals surface area contributed by atoms with Gasteiger partial charge in [-0.3, -0.25) is 9.48 Å². The fourth-order valence-electron chi connectivity index (χ4n) is 2.09. The summed E-state index contributed by atoms with van der Waals surface area (Å²) < 4.78 is 30.1. The fraction of sp³-hybridized carbons (Fsp3) is 0.333. The Labute approximate surface area is 126 Å². The Hall–Kier alpha value is -2.44. The Bertz CT molecular complexity index is 653. The molecule has 7 heteroatoms. The normalized spacial score (nSPS) is 12.3. The van der Waals surface area contributed by atoms with Gasteiger partial charge in [-0.15, -0.1) is 0 Å². The summed E-state index contributed by atoms with van der Waals surface area (Å²) in [5.74, 6) is -0.276. The number of aromatic nitrogens is 2. The fourth-order valence-corrected chi connectivity index (χ4v) is 2.09. The first-order valence-corrected chi connectivity index (χ1v) is 6.72. The zero-order chi connectivity index (χ0) is 16.3. The standard InChI is InChI=1S/C15H17F2N3O2/c1-9(13-8-18-20(3)10(13)2)19-14(21)11-4-6-12(7-5-11)22-15(16)17/h4-9,15H,1-3H3,(H,19,21). The number of carbonyl (C=O) groups excluding carboxylic acids is 1. The van der Waals surface area contributed by atoms with Crippen molar-refractivity contribution in [3.8, 4) is 5.75 Å². The molecule has 1 N–H and O–H groups in total. The van der Waals surface area contributed by atoms with Crippen molar-refractivity contribution >= 4 is 5.91 Å². The first kappa shape index (κ1) is 15.9. The van der Waals surface area contributed by atoms with Crippen LogP contribution < -0.4 is 10.1 Å². The van der Waals surface area contributed by atoms with Gasteiger partial charge in [0.25, 0.3) is 5.91 Å². The number of amides is 1. The van der Waals surface area contributed by atoms with Crippen LogP contribution in [-0.4, -0.2) is 22.3 Å². The summed E-state index contributed by atoms with van der Waals surface area (Å²) in [5, 5.41) is 6.98. The second kappa shape index (κ2) is 6.55. The van der Waals surface area contributed by atoms with Crippen LogP contribution in [0.3, 0.4) is 0 Å². The Morgan fingerprint density at radius 1 is 1.32 bits per heavy atom. The molecule has 2 rings (SSSR count). The molecule has 1 unspecified atom stereocenters. The lowest BCUT2D eigenvalue weighted by Gasteiger charge is -2.14. The predicted octanol–water partition coefficient (Wildman–Crippen LogP) is 2.82. The van der Waals surface area contributed by atoms with Crippen LogP contribution in [-0.2, 0) is 7.05 Å². The number of alkyl halides is 2. The van der Waals surface area contributed by atoms with Crippen LogP contribution >= 0.6 is 0 Å².